The van der Waals surface area contributed by atoms with E-state index >= 15 is 0 Å². The number of methoxy groups -OCH3 is 1. The first-order valence-electron chi connectivity index (χ1n) is 6.38. The molecule has 0 aliphatic rings. The van der Waals surface area contributed by atoms with Gasteiger partial charge in [-0.05, 0) is 30.7 Å². The summed E-state index contributed by atoms with van der Waals surface area (Å²) >= 11 is 12.1. The molecule has 0 bridgehead atoms. The summed E-state index contributed by atoms with van der Waals surface area (Å²) in [6, 6.07) is 11.0. The fourth-order valence-electron chi connectivity index (χ4n) is 1.97. The summed E-state index contributed by atoms with van der Waals surface area (Å²) < 4.78 is 4.80. The van der Waals surface area contributed by atoms with E-state index in [0.29, 0.717) is 27.8 Å². The summed E-state index contributed by atoms with van der Waals surface area (Å²) in [4.78, 5) is 11.8. The first-order chi connectivity index (χ1) is 10.0. The third-order valence-corrected chi connectivity index (χ3v) is 3.94. The van der Waals surface area contributed by atoms with Crippen molar-refractivity contribution in [2.45, 2.75) is 13.5 Å². The molecule has 0 saturated carbocycles. The number of ether oxygens (including phenoxy) is 1. The number of esters is 1. The molecule has 0 spiro atoms. The van der Waals surface area contributed by atoms with Crippen LogP contribution in [0.15, 0.2) is 36.4 Å². The molecule has 0 aliphatic heterocycles. The number of benzene rings is 2. The van der Waals surface area contributed by atoms with Gasteiger partial charge in [0, 0.05) is 12.2 Å². The minimum Gasteiger partial charge on any atom is -0.465 e. The van der Waals surface area contributed by atoms with Crippen molar-refractivity contribution >= 4 is 34.9 Å². The van der Waals surface area contributed by atoms with E-state index in [2.05, 4.69) is 5.32 Å². The van der Waals surface area contributed by atoms with Crippen LogP contribution in [0.1, 0.15) is 21.5 Å². The smallest absolute Gasteiger partial charge is 0.339 e. The number of aryl methyl sites for hydroxylation is 1. The van der Waals surface area contributed by atoms with Gasteiger partial charge in [-0.3, -0.25) is 0 Å². The van der Waals surface area contributed by atoms with Crippen molar-refractivity contribution in [2.24, 2.45) is 0 Å². The fraction of sp³-hybridized carbons (Fsp3) is 0.188. The maximum absolute atomic E-state index is 11.8. The Morgan fingerprint density at radius 1 is 1.24 bits per heavy atom. The fourth-order valence-corrected chi connectivity index (χ4v) is 2.35. The predicted octanol–water partition coefficient (Wildman–Crippen LogP) is 4.70. The van der Waals surface area contributed by atoms with Crippen LogP contribution in [-0.2, 0) is 11.3 Å². The maximum Gasteiger partial charge on any atom is 0.339 e. The zero-order chi connectivity index (χ0) is 15.4. The van der Waals surface area contributed by atoms with Gasteiger partial charge in [-0.15, -0.1) is 0 Å². The van der Waals surface area contributed by atoms with E-state index in [1.807, 2.05) is 31.2 Å². The first kappa shape index (κ1) is 15.7. The molecule has 0 aliphatic carbocycles. The number of nitrogens with one attached hydrogen (secondary N) is 1. The van der Waals surface area contributed by atoms with Crippen molar-refractivity contribution in [1.29, 1.82) is 0 Å². The summed E-state index contributed by atoms with van der Waals surface area (Å²) in [6.45, 7) is 2.39. The second-order valence-electron chi connectivity index (χ2n) is 4.61. The van der Waals surface area contributed by atoms with Gasteiger partial charge in [-0.2, -0.15) is 0 Å². The van der Waals surface area contributed by atoms with E-state index in [-0.39, 0.29) is 5.97 Å². The average Bonchev–Trinajstić information content (AvgIpc) is 2.49. The van der Waals surface area contributed by atoms with Crippen LogP contribution in [-0.4, -0.2) is 13.1 Å². The molecule has 3 nitrogen and oxygen atoms in total. The van der Waals surface area contributed by atoms with Crippen LogP contribution in [0.5, 0.6) is 0 Å². The molecule has 2 rings (SSSR count). The van der Waals surface area contributed by atoms with Gasteiger partial charge in [0.15, 0.2) is 0 Å². The molecule has 21 heavy (non-hydrogen) atoms. The van der Waals surface area contributed by atoms with E-state index in [1.165, 1.54) is 7.11 Å². The van der Waals surface area contributed by atoms with Crippen LogP contribution in [0.2, 0.25) is 10.0 Å². The molecule has 5 heteroatoms. The lowest BCUT2D eigenvalue weighted by molar-refractivity contribution is 0.0601. The van der Waals surface area contributed by atoms with Crippen molar-refractivity contribution < 1.29 is 9.53 Å². The standard InChI is InChI=1S/C16H15Cl2NO2/c1-10-6-7-14(12(8-10)16(20)21-2)19-9-11-4-3-5-13(17)15(11)18/h3-8,19H,9H2,1-2H3. The molecule has 0 radical (unpaired) electrons. The lowest BCUT2D eigenvalue weighted by Gasteiger charge is -2.13. The summed E-state index contributed by atoms with van der Waals surface area (Å²) in [7, 11) is 1.36. The Balaban J connectivity index is 2.24. The van der Waals surface area contributed by atoms with E-state index in [9.17, 15) is 4.79 Å². The van der Waals surface area contributed by atoms with Crippen LogP contribution in [0.25, 0.3) is 0 Å². The molecule has 110 valence electrons. The number of anilines is 1. The summed E-state index contributed by atoms with van der Waals surface area (Å²) in [5.74, 6) is -0.376. The molecule has 0 atom stereocenters. The third-order valence-electron chi connectivity index (χ3n) is 3.08. The quantitative estimate of drug-likeness (QED) is 0.829. The van der Waals surface area contributed by atoms with E-state index < -0.39 is 0 Å². The van der Waals surface area contributed by atoms with Crippen LogP contribution in [0, 0.1) is 6.92 Å². The molecular weight excluding hydrogens is 309 g/mol. The van der Waals surface area contributed by atoms with Gasteiger partial charge in [-0.1, -0.05) is 47.0 Å². The third kappa shape index (κ3) is 3.69. The van der Waals surface area contributed by atoms with Crippen molar-refractivity contribution in [1.82, 2.24) is 0 Å². The molecule has 0 saturated heterocycles. The van der Waals surface area contributed by atoms with Gasteiger partial charge in [0.25, 0.3) is 0 Å². The molecule has 0 unspecified atom stereocenters. The van der Waals surface area contributed by atoms with E-state index in [1.54, 1.807) is 12.1 Å². The van der Waals surface area contributed by atoms with Crippen LogP contribution < -0.4 is 5.32 Å². The summed E-state index contributed by atoms with van der Waals surface area (Å²) in [5.41, 5.74) is 3.04. The van der Waals surface area contributed by atoms with Gasteiger partial charge in [0.2, 0.25) is 0 Å². The highest BCUT2D eigenvalue weighted by Gasteiger charge is 2.12. The molecule has 0 heterocycles. The first-order valence-corrected chi connectivity index (χ1v) is 7.14. The van der Waals surface area contributed by atoms with E-state index in [4.69, 9.17) is 27.9 Å². The number of carbonyl (C=O) groups excluding carboxylic acids is 1. The lowest BCUT2D eigenvalue weighted by Crippen LogP contribution is -2.09. The number of halogens is 2. The Kier molecular flexibility index (Phi) is 5.10. The normalized spacial score (nSPS) is 10.3. The Bertz CT molecular complexity index is 671. The predicted molar refractivity (Wildman–Crippen MR) is 86.3 cm³/mol. The molecule has 0 amide bonds. The summed E-state index contributed by atoms with van der Waals surface area (Å²) in [6.07, 6.45) is 0. The Hall–Kier alpha value is -1.71. The maximum atomic E-state index is 11.8. The highest BCUT2D eigenvalue weighted by atomic mass is 35.5. The molecule has 2 aromatic rings. The lowest BCUT2D eigenvalue weighted by atomic mass is 10.1. The largest absolute Gasteiger partial charge is 0.465 e. The van der Waals surface area contributed by atoms with Gasteiger partial charge in [0.05, 0.1) is 22.7 Å². The zero-order valence-corrected chi connectivity index (χ0v) is 13.3. The van der Waals surface area contributed by atoms with E-state index in [0.717, 1.165) is 11.1 Å². The number of rotatable bonds is 4. The second kappa shape index (κ2) is 6.83. The Morgan fingerprint density at radius 2 is 2.00 bits per heavy atom. The van der Waals surface area contributed by atoms with Crippen molar-refractivity contribution in [3.8, 4) is 0 Å². The van der Waals surface area contributed by atoms with Gasteiger partial charge in [0.1, 0.15) is 0 Å². The SMILES string of the molecule is COC(=O)c1cc(C)ccc1NCc1cccc(Cl)c1Cl. The monoisotopic (exact) mass is 323 g/mol. The minimum atomic E-state index is -0.376. The second-order valence-corrected chi connectivity index (χ2v) is 5.39. The van der Waals surface area contributed by atoms with Gasteiger partial charge >= 0.3 is 5.97 Å². The zero-order valence-electron chi connectivity index (χ0n) is 11.7. The molecule has 1 N–H and O–H groups in total. The van der Waals surface area contributed by atoms with Gasteiger partial charge in [-0.25, -0.2) is 4.79 Å². The van der Waals surface area contributed by atoms with Crippen molar-refractivity contribution in [2.75, 3.05) is 12.4 Å². The van der Waals surface area contributed by atoms with Crippen molar-refractivity contribution in [3.63, 3.8) is 0 Å². The molecule has 2 aromatic carbocycles. The average molecular weight is 324 g/mol. The number of carbonyl (C=O) groups is 1. The highest BCUT2D eigenvalue weighted by Crippen LogP contribution is 2.27. The highest BCUT2D eigenvalue weighted by molar-refractivity contribution is 6.42. The van der Waals surface area contributed by atoms with Gasteiger partial charge < -0.3 is 10.1 Å². The summed E-state index contributed by atoms with van der Waals surface area (Å²) in [5, 5.41) is 4.22. The molecule has 0 fully saturated rings. The van der Waals surface area contributed by atoms with Crippen LogP contribution in [0.3, 0.4) is 0 Å². The molecule has 0 aromatic heterocycles. The topological polar surface area (TPSA) is 38.3 Å². The Morgan fingerprint density at radius 3 is 2.71 bits per heavy atom. The number of hydrogen-bond donors (Lipinski definition) is 1. The van der Waals surface area contributed by atoms with Crippen molar-refractivity contribution in [3.05, 3.63) is 63.1 Å². The van der Waals surface area contributed by atoms with Crippen LogP contribution in [0.4, 0.5) is 5.69 Å². The molecular formula is C16H15Cl2NO2. The minimum absolute atomic E-state index is 0.376. The number of hydrogen-bond acceptors (Lipinski definition) is 3. The van der Waals surface area contributed by atoms with Crippen LogP contribution >= 0.6 is 23.2 Å². The Labute approximate surface area is 133 Å².